The maximum absolute atomic E-state index is 11.5. The molecular weight excluding hydrogens is 218 g/mol. The summed E-state index contributed by atoms with van der Waals surface area (Å²) in [4.78, 5) is 13.0. The second-order valence-corrected chi connectivity index (χ2v) is 4.00. The van der Waals surface area contributed by atoms with E-state index in [1.165, 1.54) is 11.8 Å². The number of rotatable bonds is 5. The van der Waals surface area contributed by atoms with Crippen LogP contribution in [0.3, 0.4) is 0 Å². The summed E-state index contributed by atoms with van der Waals surface area (Å²) in [6.07, 6.45) is -0.239. The molecule has 1 aromatic carbocycles. The van der Waals surface area contributed by atoms with Crippen molar-refractivity contribution in [2.75, 3.05) is 20.7 Å². The molecule has 0 fully saturated rings. The average Bonchev–Trinajstić information content (AvgIpc) is 2.35. The molecule has 0 bridgehead atoms. The number of methoxy groups -OCH3 is 1. The van der Waals surface area contributed by atoms with E-state index in [1.54, 1.807) is 14.2 Å². The molecule has 0 spiro atoms. The van der Waals surface area contributed by atoms with Gasteiger partial charge in [-0.05, 0) is 25.0 Å². The van der Waals surface area contributed by atoms with Crippen molar-refractivity contribution in [3.63, 3.8) is 0 Å². The van der Waals surface area contributed by atoms with Crippen molar-refractivity contribution < 1.29 is 14.6 Å². The molecule has 0 aliphatic heterocycles. The van der Waals surface area contributed by atoms with Gasteiger partial charge in [0.25, 0.3) is 5.91 Å². The Morgan fingerprint density at radius 1 is 1.47 bits per heavy atom. The third-order valence-electron chi connectivity index (χ3n) is 2.64. The van der Waals surface area contributed by atoms with Gasteiger partial charge in [0.05, 0.1) is 7.11 Å². The molecule has 0 heterocycles. The third kappa shape index (κ3) is 3.75. The van der Waals surface area contributed by atoms with Gasteiger partial charge in [-0.3, -0.25) is 4.79 Å². The van der Waals surface area contributed by atoms with E-state index < -0.39 is 6.10 Å². The molecule has 0 aromatic heterocycles. The molecule has 4 heteroatoms. The summed E-state index contributed by atoms with van der Waals surface area (Å²) in [5, 5.41) is 9.17. The summed E-state index contributed by atoms with van der Waals surface area (Å²) >= 11 is 0. The Labute approximate surface area is 102 Å². The fourth-order valence-electron chi connectivity index (χ4n) is 1.63. The molecule has 1 aromatic rings. The molecule has 0 aliphatic rings. The molecule has 0 radical (unpaired) electrons. The van der Waals surface area contributed by atoms with Crippen molar-refractivity contribution in [2.24, 2.45) is 0 Å². The number of amides is 1. The van der Waals surface area contributed by atoms with Crippen molar-refractivity contribution >= 4 is 5.91 Å². The second-order valence-electron chi connectivity index (χ2n) is 4.00. The first-order valence-corrected chi connectivity index (χ1v) is 5.61. The molecule has 0 aliphatic carbocycles. The van der Waals surface area contributed by atoms with Crippen LogP contribution in [0.25, 0.3) is 0 Å². The van der Waals surface area contributed by atoms with Crippen LogP contribution in [0.5, 0.6) is 5.75 Å². The number of hydrogen-bond donors (Lipinski definition) is 1. The average molecular weight is 237 g/mol. The van der Waals surface area contributed by atoms with E-state index >= 15 is 0 Å². The lowest BCUT2D eigenvalue weighted by Crippen LogP contribution is -2.35. The lowest BCUT2D eigenvalue weighted by molar-refractivity contribution is -0.137. The minimum absolute atomic E-state index is 0.264. The van der Waals surface area contributed by atoms with E-state index in [2.05, 4.69) is 0 Å². The topological polar surface area (TPSA) is 49.8 Å². The van der Waals surface area contributed by atoms with E-state index in [0.717, 1.165) is 11.3 Å². The van der Waals surface area contributed by atoms with Crippen LogP contribution in [0, 0.1) is 0 Å². The Hall–Kier alpha value is -1.55. The van der Waals surface area contributed by atoms with Crippen LogP contribution in [0.1, 0.15) is 12.5 Å². The number of carbonyl (C=O) groups excluding carboxylic acids is 1. The predicted octanol–water partition coefficient (Wildman–Crippen LogP) is 1.08. The molecule has 1 unspecified atom stereocenters. The van der Waals surface area contributed by atoms with Crippen LogP contribution in [-0.2, 0) is 11.2 Å². The number of benzene rings is 1. The number of ether oxygens (including phenoxy) is 1. The van der Waals surface area contributed by atoms with Crippen LogP contribution in [0.2, 0.25) is 0 Å². The van der Waals surface area contributed by atoms with E-state index in [9.17, 15) is 9.90 Å². The molecule has 94 valence electrons. The zero-order valence-corrected chi connectivity index (χ0v) is 10.5. The highest BCUT2D eigenvalue weighted by Crippen LogP contribution is 2.17. The number of hydrogen-bond acceptors (Lipinski definition) is 3. The summed E-state index contributed by atoms with van der Waals surface area (Å²) in [7, 11) is 3.31. The maximum atomic E-state index is 11.5. The number of para-hydroxylation sites is 1. The quantitative estimate of drug-likeness (QED) is 0.833. The zero-order valence-electron chi connectivity index (χ0n) is 10.5. The molecule has 1 N–H and O–H groups in total. The SMILES string of the molecule is COc1ccccc1CCN(C)C(=O)C(C)O. The standard InChI is InChI=1S/C13H19NO3/c1-10(15)13(16)14(2)9-8-11-6-4-5-7-12(11)17-3/h4-7,10,15H,8-9H2,1-3H3. The van der Waals surface area contributed by atoms with Gasteiger partial charge in [0.2, 0.25) is 0 Å². The van der Waals surface area contributed by atoms with Crippen LogP contribution >= 0.6 is 0 Å². The van der Waals surface area contributed by atoms with E-state index in [-0.39, 0.29) is 5.91 Å². The predicted molar refractivity (Wildman–Crippen MR) is 66.0 cm³/mol. The van der Waals surface area contributed by atoms with Crippen molar-refractivity contribution in [3.05, 3.63) is 29.8 Å². The fourth-order valence-corrected chi connectivity index (χ4v) is 1.63. The lowest BCUT2D eigenvalue weighted by atomic mass is 10.1. The van der Waals surface area contributed by atoms with Crippen molar-refractivity contribution in [1.29, 1.82) is 0 Å². The van der Waals surface area contributed by atoms with Gasteiger partial charge in [-0.25, -0.2) is 0 Å². The molecular formula is C13H19NO3. The Morgan fingerprint density at radius 2 is 2.12 bits per heavy atom. The van der Waals surface area contributed by atoms with Gasteiger partial charge in [0.1, 0.15) is 11.9 Å². The smallest absolute Gasteiger partial charge is 0.250 e. The Balaban J connectivity index is 2.58. The highest BCUT2D eigenvalue weighted by Gasteiger charge is 2.14. The number of nitrogens with zero attached hydrogens (tertiary/aromatic N) is 1. The second kappa shape index (κ2) is 6.25. The summed E-state index contributed by atoms with van der Waals surface area (Å²) in [5.74, 6) is 0.560. The number of carbonyl (C=O) groups is 1. The summed E-state index contributed by atoms with van der Waals surface area (Å²) in [6.45, 7) is 2.03. The highest BCUT2D eigenvalue weighted by molar-refractivity contribution is 5.79. The van der Waals surface area contributed by atoms with Crippen LogP contribution in [0.15, 0.2) is 24.3 Å². The number of aliphatic hydroxyl groups is 1. The normalized spacial score (nSPS) is 12.0. The first-order valence-electron chi connectivity index (χ1n) is 5.61. The minimum atomic E-state index is -0.947. The van der Waals surface area contributed by atoms with Gasteiger partial charge in [0, 0.05) is 13.6 Å². The van der Waals surface area contributed by atoms with Gasteiger partial charge in [-0.1, -0.05) is 18.2 Å². The number of aliphatic hydroxyl groups excluding tert-OH is 1. The van der Waals surface area contributed by atoms with Crippen LogP contribution in [-0.4, -0.2) is 42.7 Å². The van der Waals surface area contributed by atoms with Crippen LogP contribution in [0.4, 0.5) is 0 Å². The molecule has 1 rings (SSSR count). The molecule has 0 saturated carbocycles. The summed E-state index contributed by atoms with van der Waals surface area (Å²) < 4.78 is 5.23. The maximum Gasteiger partial charge on any atom is 0.250 e. The third-order valence-corrected chi connectivity index (χ3v) is 2.64. The molecule has 1 atom stereocenters. The first kappa shape index (κ1) is 13.5. The van der Waals surface area contributed by atoms with Gasteiger partial charge in [-0.2, -0.15) is 0 Å². The Bertz CT molecular complexity index is 377. The first-order chi connectivity index (χ1) is 8.06. The minimum Gasteiger partial charge on any atom is -0.496 e. The van der Waals surface area contributed by atoms with E-state index in [1.807, 2.05) is 24.3 Å². The van der Waals surface area contributed by atoms with Crippen molar-refractivity contribution in [2.45, 2.75) is 19.4 Å². The fraction of sp³-hybridized carbons (Fsp3) is 0.462. The molecule has 1 amide bonds. The van der Waals surface area contributed by atoms with Gasteiger partial charge >= 0.3 is 0 Å². The van der Waals surface area contributed by atoms with E-state index in [0.29, 0.717) is 13.0 Å². The lowest BCUT2D eigenvalue weighted by Gasteiger charge is -2.19. The van der Waals surface area contributed by atoms with E-state index in [4.69, 9.17) is 4.74 Å². The van der Waals surface area contributed by atoms with Gasteiger partial charge in [0.15, 0.2) is 0 Å². The summed E-state index contributed by atoms with van der Waals surface area (Å²) in [5.41, 5.74) is 1.06. The Kier molecular flexibility index (Phi) is 4.97. The molecule has 17 heavy (non-hydrogen) atoms. The van der Waals surface area contributed by atoms with Crippen molar-refractivity contribution in [1.82, 2.24) is 4.90 Å². The highest BCUT2D eigenvalue weighted by atomic mass is 16.5. The molecule has 0 saturated heterocycles. The zero-order chi connectivity index (χ0) is 12.8. The van der Waals surface area contributed by atoms with Gasteiger partial charge in [-0.15, -0.1) is 0 Å². The Morgan fingerprint density at radius 3 is 2.71 bits per heavy atom. The van der Waals surface area contributed by atoms with Crippen molar-refractivity contribution in [3.8, 4) is 5.75 Å². The van der Waals surface area contributed by atoms with Crippen LogP contribution < -0.4 is 4.74 Å². The summed E-state index contributed by atoms with van der Waals surface area (Å²) in [6, 6.07) is 7.71. The monoisotopic (exact) mass is 237 g/mol. The largest absolute Gasteiger partial charge is 0.496 e. The number of likely N-dealkylation sites (N-methyl/N-ethyl adjacent to an activating group) is 1. The van der Waals surface area contributed by atoms with Gasteiger partial charge < -0.3 is 14.7 Å². The molecule has 4 nitrogen and oxygen atoms in total.